The number of ether oxygens (including phenoxy) is 1. The van der Waals surface area contributed by atoms with Crippen molar-refractivity contribution in [1.29, 1.82) is 5.26 Å². The molecule has 3 fully saturated rings. The second kappa shape index (κ2) is 6.49. The summed E-state index contributed by atoms with van der Waals surface area (Å²) in [5.41, 5.74) is 0.419. The minimum atomic E-state index is -0.903. The molecule has 2 aliphatic heterocycles. The Morgan fingerprint density at radius 3 is 2.62 bits per heavy atom. The third-order valence-corrected chi connectivity index (χ3v) is 6.13. The number of hydrogen-bond donors (Lipinski definition) is 0. The zero-order valence-corrected chi connectivity index (χ0v) is 15.5. The SMILES string of the molecule is N#Cc1ccc(N2CC3C2CN3C(=O)COC2(c3ccc(F)c(F)c3)CC2)nc1. The lowest BCUT2D eigenvalue weighted by Crippen LogP contribution is -2.80. The molecule has 2 atom stereocenters. The molecular weight excluding hydrogens is 378 g/mol. The van der Waals surface area contributed by atoms with Crippen LogP contribution in [0.1, 0.15) is 24.0 Å². The highest BCUT2D eigenvalue weighted by molar-refractivity contribution is 5.80. The Balaban J connectivity index is 1.16. The molecule has 2 saturated heterocycles. The molecule has 0 bridgehead atoms. The third-order valence-electron chi connectivity index (χ3n) is 6.13. The summed E-state index contributed by atoms with van der Waals surface area (Å²) in [4.78, 5) is 20.8. The summed E-state index contributed by atoms with van der Waals surface area (Å²) in [5.74, 6) is -1.07. The molecule has 3 heterocycles. The molecule has 3 aliphatic rings. The van der Waals surface area contributed by atoms with Crippen LogP contribution in [-0.4, -0.2) is 47.6 Å². The lowest BCUT2D eigenvalue weighted by atomic mass is 9.85. The fourth-order valence-corrected chi connectivity index (χ4v) is 4.12. The van der Waals surface area contributed by atoms with Gasteiger partial charge < -0.3 is 14.5 Å². The van der Waals surface area contributed by atoms with Crippen molar-refractivity contribution in [1.82, 2.24) is 9.88 Å². The van der Waals surface area contributed by atoms with Crippen molar-refractivity contribution in [3.63, 3.8) is 0 Å². The monoisotopic (exact) mass is 396 g/mol. The number of carbonyl (C=O) groups is 1. The number of likely N-dealkylation sites (tertiary alicyclic amines) is 1. The maximum atomic E-state index is 13.5. The van der Waals surface area contributed by atoms with Crippen molar-refractivity contribution in [2.24, 2.45) is 0 Å². The van der Waals surface area contributed by atoms with Crippen LogP contribution in [-0.2, 0) is 15.1 Å². The van der Waals surface area contributed by atoms with Crippen LogP contribution in [0.15, 0.2) is 36.5 Å². The minimum Gasteiger partial charge on any atom is -0.360 e. The van der Waals surface area contributed by atoms with Gasteiger partial charge >= 0.3 is 0 Å². The number of pyridine rings is 1. The van der Waals surface area contributed by atoms with Crippen LogP contribution in [0, 0.1) is 23.0 Å². The van der Waals surface area contributed by atoms with Crippen LogP contribution >= 0.6 is 0 Å². The molecular formula is C21H18F2N4O2. The lowest BCUT2D eigenvalue weighted by Gasteiger charge is -2.62. The Hall–Kier alpha value is -3.05. The van der Waals surface area contributed by atoms with Crippen LogP contribution in [0.4, 0.5) is 14.6 Å². The minimum absolute atomic E-state index is 0.0721. The Labute approximate surface area is 166 Å². The second-order valence-corrected chi connectivity index (χ2v) is 7.76. The zero-order valence-electron chi connectivity index (χ0n) is 15.5. The van der Waals surface area contributed by atoms with E-state index in [1.54, 1.807) is 17.2 Å². The number of aromatic nitrogens is 1. The van der Waals surface area contributed by atoms with Crippen molar-refractivity contribution in [2.75, 3.05) is 24.6 Å². The first kappa shape index (κ1) is 18.0. The van der Waals surface area contributed by atoms with Gasteiger partial charge in [-0.2, -0.15) is 5.26 Å². The highest BCUT2D eigenvalue weighted by atomic mass is 19.2. The predicted molar refractivity (Wildman–Crippen MR) is 98.8 cm³/mol. The molecule has 5 rings (SSSR count). The van der Waals surface area contributed by atoms with Gasteiger partial charge in [0, 0.05) is 19.3 Å². The summed E-state index contributed by atoms with van der Waals surface area (Å²) < 4.78 is 32.5. The number of nitriles is 1. The van der Waals surface area contributed by atoms with E-state index in [4.69, 9.17) is 10.00 Å². The Morgan fingerprint density at radius 1 is 1.21 bits per heavy atom. The van der Waals surface area contributed by atoms with E-state index in [2.05, 4.69) is 9.88 Å². The van der Waals surface area contributed by atoms with Gasteiger partial charge in [0.2, 0.25) is 5.91 Å². The smallest absolute Gasteiger partial charge is 0.249 e. The van der Waals surface area contributed by atoms with E-state index in [0.717, 1.165) is 18.0 Å². The van der Waals surface area contributed by atoms with Gasteiger partial charge in [-0.1, -0.05) is 6.07 Å². The van der Waals surface area contributed by atoms with E-state index >= 15 is 0 Å². The van der Waals surface area contributed by atoms with Gasteiger partial charge in [0.1, 0.15) is 18.5 Å². The molecule has 1 aliphatic carbocycles. The van der Waals surface area contributed by atoms with Crippen molar-refractivity contribution >= 4 is 11.7 Å². The Bertz CT molecular complexity index is 1020. The maximum Gasteiger partial charge on any atom is 0.249 e. The van der Waals surface area contributed by atoms with Crippen molar-refractivity contribution in [3.05, 3.63) is 59.3 Å². The first-order chi connectivity index (χ1) is 14.0. The van der Waals surface area contributed by atoms with Gasteiger partial charge in [-0.15, -0.1) is 0 Å². The first-order valence-electron chi connectivity index (χ1n) is 9.52. The zero-order chi connectivity index (χ0) is 20.2. The predicted octanol–water partition coefficient (Wildman–Crippen LogP) is 2.34. The fourth-order valence-electron chi connectivity index (χ4n) is 4.12. The van der Waals surface area contributed by atoms with E-state index in [1.165, 1.54) is 6.07 Å². The van der Waals surface area contributed by atoms with Crippen LogP contribution in [0.3, 0.4) is 0 Å². The number of carbonyl (C=O) groups excluding carboxylic acids is 1. The number of piperazine rings is 1. The molecule has 0 N–H and O–H groups in total. The normalized spacial score (nSPS) is 23.5. The highest BCUT2D eigenvalue weighted by Gasteiger charge is 2.54. The van der Waals surface area contributed by atoms with E-state index in [0.29, 0.717) is 37.1 Å². The quantitative estimate of drug-likeness (QED) is 0.776. The molecule has 1 saturated carbocycles. The molecule has 1 amide bonds. The lowest BCUT2D eigenvalue weighted by molar-refractivity contribution is -0.152. The number of nitrogens with zero attached hydrogens (tertiary/aromatic N) is 4. The average molecular weight is 396 g/mol. The van der Waals surface area contributed by atoms with Crippen LogP contribution < -0.4 is 4.90 Å². The van der Waals surface area contributed by atoms with Crippen molar-refractivity contribution in [3.8, 4) is 6.07 Å². The summed E-state index contributed by atoms with van der Waals surface area (Å²) >= 11 is 0. The first-order valence-corrected chi connectivity index (χ1v) is 9.52. The van der Waals surface area contributed by atoms with Gasteiger partial charge in [-0.25, -0.2) is 13.8 Å². The highest BCUT2D eigenvalue weighted by Crippen LogP contribution is 2.49. The third kappa shape index (κ3) is 2.93. The van der Waals surface area contributed by atoms with Gasteiger partial charge in [-0.05, 0) is 42.7 Å². The molecule has 29 heavy (non-hydrogen) atoms. The molecule has 2 unspecified atom stereocenters. The number of benzene rings is 1. The molecule has 1 aromatic carbocycles. The number of fused-ring (bicyclic) bond motifs is 1. The fraction of sp³-hybridized carbons (Fsp3) is 0.381. The van der Waals surface area contributed by atoms with E-state index in [-0.39, 0.29) is 24.6 Å². The average Bonchev–Trinajstić information content (AvgIpc) is 3.51. The number of hydrogen-bond acceptors (Lipinski definition) is 5. The number of amides is 1. The molecule has 8 heteroatoms. The molecule has 148 valence electrons. The van der Waals surface area contributed by atoms with E-state index in [1.807, 2.05) is 12.1 Å². The second-order valence-electron chi connectivity index (χ2n) is 7.76. The Morgan fingerprint density at radius 2 is 2.03 bits per heavy atom. The molecule has 6 nitrogen and oxygen atoms in total. The van der Waals surface area contributed by atoms with Gasteiger partial charge in [0.15, 0.2) is 11.6 Å². The van der Waals surface area contributed by atoms with E-state index < -0.39 is 17.2 Å². The van der Waals surface area contributed by atoms with Gasteiger partial charge in [0.05, 0.1) is 23.2 Å². The van der Waals surface area contributed by atoms with Gasteiger partial charge in [-0.3, -0.25) is 4.79 Å². The summed E-state index contributed by atoms with van der Waals surface area (Å²) in [6.45, 7) is 1.23. The maximum absolute atomic E-state index is 13.5. The topological polar surface area (TPSA) is 69.5 Å². The number of rotatable bonds is 5. The molecule has 1 aromatic heterocycles. The molecule has 0 spiro atoms. The number of halogens is 2. The molecule has 0 radical (unpaired) electrons. The molecule has 2 aromatic rings. The summed E-state index contributed by atoms with van der Waals surface area (Å²) in [5, 5.41) is 8.86. The Kier molecular flexibility index (Phi) is 4.03. The summed E-state index contributed by atoms with van der Waals surface area (Å²) in [6, 6.07) is 9.74. The number of anilines is 1. The summed E-state index contributed by atoms with van der Waals surface area (Å²) in [7, 11) is 0. The van der Waals surface area contributed by atoms with Gasteiger partial charge in [0.25, 0.3) is 0 Å². The standard InChI is InChI=1S/C21H18F2N4O2/c22-15-3-2-14(7-16(15)23)21(5-6-21)29-12-20(28)27-11-17-18(27)10-26(17)19-4-1-13(8-24)9-25-19/h1-4,7,9,17-18H,5-6,10-12H2. The largest absolute Gasteiger partial charge is 0.360 e. The van der Waals surface area contributed by atoms with Crippen LogP contribution in [0.5, 0.6) is 0 Å². The van der Waals surface area contributed by atoms with E-state index in [9.17, 15) is 13.6 Å². The summed E-state index contributed by atoms with van der Waals surface area (Å²) in [6.07, 6.45) is 2.93. The van der Waals surface area contributed by atoms with Crippen molar-refractivity contribution in [2.45, 2.75) is 30.5 Å². The van der Waals surface area contributed by atoms with Crippen LogP contribution in [0.2, 0.25) is 0 Å². The van der Waals surface area contributed by atoms with Crippen molar-refractivity contribution < 1.29 is 18.3 Å². The van der Waals surface area contributed by atoms with Crippen LogP contribution in [0.25, 0.3) is 0 Å².